The van der Waals surface area contributed by atoms with Crippen LogP contribution in [0.1, 0.15) is 83.6 Å². The van der Waals surface area contributed by atoms with Gasteiger partial charge in [0.2, 0.25) is 0 Å². The molecule has 1 fully saturated rings. The summed E-state index contributed by atoms with van der Waals surface area (Å²) in [6.07, 6.45) is 1.65. The van der Waals surface area contributed by atoms with Gasteiger partial charge in [0.1, 0.15) is 5.66 Å². The van der Waals surface area contributed by atoms with E-state index in [9.17, 15) is 14.2 Å². The van der Waals surface area contributed by atoms with Crippen molar-refractivity contribution in [1.82, 2.24) is 0 Å². The Balaban J connectivity index is 2.25. The zero-order chi connectivity index (χ0) is 25.6. The number of ether oxygens (including phenoxy) is 2. The topological polar surface area (TPSA) is 88.1 Å². The molecule has 1 unspecified atom stereocenters. The molecule has 1 heterocycles. The Morgan fingerprint density at radius 1 is 0.886 bits per heavy atom. The molecule has 1 saturated heterocycles. The first-order valence-electron chi connectivity index (χ1n) is 12.2. The third-order valence-electron chi connectivity index (χ3n) is 6.73. The monoisotopic (exact) mass is 502 g/mol. The van der Waals surface area contributed by atoms with E-state index in [1.54, 1.807) is 32.9 Å². The lowest BCUT2D eigenvalue weighted by molar-refractivity contribution is 0.00965. The number of benzene rings is 2. The van der Waals surface area contributed by atoms with E-state index in [2.05, 4.69) is 13.8 Å². The van der Waals surface area contributed by atoms with Crippen molar-refractivity contribution >= 4 is 19.5 Å². The number of rotatable bonds is 9. The lowest BCUT2D eigenvalue weighted by atomic mass is 9.84. The quantitative estimate of drug-likeness (QED) is 0.286. The zero-order valence-electron chi connectivity index (χ0n) is 21.2. The maximum atomic E-state index is 14.4. The highest BCUT2D eigenvalue weighted by atomic mass is 31.2. The Kier molecular flexibility index (Phi) is 8.92. The van der Waals surface area contributed by atoms with Crippen molar-refractivity contribution in [2.45, 2.75) is 53.1 Å². The summed E-state index contributed by atoms with van der Waals surface area (Å²) in [7, 11) is -3.80. The Labute approximate surface area is 207 Å². The van der Waals surface area contributed by atoms with Crippen LogP contribution in [0.2, 0.25) is 0 Å². The van der Waals surface area contributed by atoms with E-state index >= 15 is 0 Å². The van der Waals surface area contributed by atoms with Gasteiger partial charge in [-0.05, 0) is 50.3 Å². The molecule has 7 nitrogen and oxygen atoms in total. The predicted molar refractivity (Wildman–Crippen MR) is 134 cm³/mol. The Morgan fingerprint density at radius 2 is 1.43 bits per heavy atom. The largest absolute Gasteiger partial charge is 0.462 e. The van der Waals surface area contributed by atoms with Crippen molar-refractivity contribution in [3.8, 4) is 0 Å². The highest BCUT2D eigenvalue weighted by Crippen LogP contribution is 2.67. The van der Waals surface area contributed by atoms with Crippen molar-refractivity contribution in [3.05, 3.63) is 70.3 Å². The van der Waals surface area contributed by atoms with Gasteiger partial charge < -0.3 is 18.5 Å². The van der Waals surface area contributed by atoms with Gasteiger partial charge in [-0.1, -0.05) is 56.3 Å². The standard InChI is InChI=1S/C27H35O7P/c1-6-27(7-2)17-33-35(30,34-18-27)24(20-13-11-10-12-14-20)21-16-15-19(5)22(25(28)31-8-3)23(21)26(29)32-9-4/h10-16,24H,6-9,17-18H2,1-5H3. The van der Waals surface area contributed by atoms with Crippen LogP contribution in [0.5, 0.6) is 0 Å². The lowest BCUT2D eigenvalue weighted by Gasteiger charge is -2.41. The fraction of sp³-hybridized carbons (Fsp3) is 0.481. The van der Waals surface area contributed by atoms with Gasteiger partial charge in [-0.25, -0.2) is 9.59 Å². The highest BCUT2D eigenvalue weighted by molar-refractivity contribution is 7.54. The molecule has 0 bridgehead atoms. The molecule has 0 amide bonds. The molecule has 1 atom stereocenters. The second-order valence-electron chi connectivity index (χ2n) is 8.77. The minimum atomic E-state index is -3.80. The predicted octanol–water partition coefficient (Wildman–Crippen LogP) is 6.48. The first-order valence-corrected chi connectivity index (χ1v) is 13.8. The second kappa shape index (κ2) is 11.5. The lowest BCUT2D eigenvalue weighted by Crippen LogP contribution is -2.35. The van der Waals surface area contributed by atoms with Crippen LogP contribution in [0.15, 0.2) is 42.5 Å². The molecule has 3 rings (SSSR count). The minimum absolute atomic E-state index is 0.0318. The summed E-state index contributed by atoms with van der Waals surface area (Å²) in [6.45, 7) is 10.1. The highest BCUT2D eigenvalue weighted by Gasteiger charge is 2.48. The third-order valence-corrected chi connectivity index (χ3v) is 8.92. The van der Waals surface area contributed by atoms with Gasteiger partial charge in [0, 0.05) is 5.41 Å². The van der Waals surface area contributed by atoms with Crippen LogP contribution in [0.25, 0.3) is 0 Å². The maximum absolute atomic E-state index is 14.4. The average molecular weight is 503 g/mol. The summed E-state index contributed by atoms with van der Waals surface area (Å²) in [5.41, 5.74) is 0.550. The summed E-state index contributed by atoms with van der Waals surface area (Å²) < 4.78 is 37.1. The Morgan fingerprint density at radius 3 is 1.94 bits per heavy atom. The summed E-state index contributed by atoms with van der Waals surface area (Å²) in [6, 6.07) is 12.6. The van der Waals surface area contributed by atoms with Crippen molar-refractivity contribution in [1.29, 1.82) is 0 Å². The van der Waals surface area contributed by atoms with Crippen LogP contribution in [0.4, 0.5) is 0 Å². The number of carbonyl (C=O) groups is 2. The molecular weight excluding hydrogens is 467 g/mol. The molecule has 0 radical (unpaired) electrons. The van der Waals surface area contributed by atoms with Crippen LogP contribution in [-0.4, -0.2) is 38.4 Å². The molecule has 0 aromatic heterocycles. The molecule has 2 aromatic carbocycles. The van der Waals surface area contributed by atoms with E-state index < -0.39 is 25.2 Å². The number of hydrogen-bond donors (Lipinski definition) is 0. The summed E-state index contributed by atoms with van der Waals surface area (Å²) in [5.74, 6) is -1.32. The maximum Gasteiger partial charge on any atom is 0.342 e. The molecule has 0 N–H and O–H groups in total. The Hall–Kier alpha value is -2.47. The van der Waals surface area contributed by atoms with E-state index in [1.807, 2.05) is 30.3 Å². The van der Waals surface area contributed by atoms with E-state index in [0.29, 0.717) is 16.7 Å². The molecule has 2 aromatic rings. The zero-order valence-corrected chi connectivity index (χ0v) is 22.1. The van der Waals surface area contributed by atoms with Gasteiger partial charge in [0.05, 0.1) is 37.6 Å². The number of aryl methyl sites for hydroxylation is 1. The second-order valence-corrected chi connectivity index (χ2v) is 10.9. The van der Waals surface area contributed by atoms with Crippen LogP contribution >= 0.6 is 7.60 Å². The van der Waals surface area contributed by atoms with Gasteiger partial charge in [0.25, 0.3) is 0 Å². The van der Waals surface area contributed by atoms with E-state index in [4.69, 9.17) is 18.5 Å². The van der Waals surface area contributed by atoms with Crippen LogP contribution < -0.4 is 0 Å². The molecule has 8 heteroatoms. The molecular formula is C27H35O7P. The van der Waals surface area contributed by atoms with Gasteiger partial charge in [-0.15, -0.1) is 0 Å². The summed E-state index contributed by atoms with van der Waals surface area (Å²) in [5, 5.41) is 0. The van der Waals surface area contributed by atoms with Gasteiger partial charge in [0.15, 0.2) is 0 Å². The van der Waals surface area contributed by atoms with Crippen LogP contribution in [0.3, 0.4) is 0 Å². The van der Waals surface area contributed by atoms with Crippen LogP contribution in [0, 0.1) is 12.3 Å². The van der Waals surface area contributed by atoms with E-state index in [1.165, 1.54) is 0 Å². The minimum Gasteiger partial charge on any atom is -0.462 e. The number of hydrogen-bond acceptors (Lipinski definition) is 7. The summed E-state index contributed by atoms with van der Waals surface area (Å²) >= 11 is 0. The first-order chi connectivity index (χ1) is 16.8. The Bertz CT molecular complexity index is 1080. The SMILES string of the molecule is CCOC(=O)c1c(C)ccc(C(c2ccccc2)P2(=O)OCC(CC)(CC)CO2)c1C(=O)OCC. The third kappa shape index (κ3) is 5.53. The molecule has 0 aliphatic carbocycles. The van der Waals surface area contributed by atoms with Crippen molar-refractivity contribution in [2.75, 3.05) is 26.4 Å². The molecule has 1 aliphatic rings. The average Bonchev–Trinajstić information content (AvgIpc) is 2.86. The molecule has 1 aliphatic heterocycles. The van der Waals surface area contributed by atoms with E-state index in [-0.39, 0.29) is 43.0 Å². The molecule has 0 spiro atoms. The molecule has 190 valence electrons. The van der Waals surface area contributed by atoms with Crippen molar-refractivity contribution in [3.63, 3.8) is 0 Å². The van der Waals surface area contributed by atoms with Gasteiger partial charge in [-0.2, -0.15) is 0 Å². The van der Waals surface area contributed by atoms with Crippen LogP contribution in [-0.2, 0) is 23.1 Å². The number of carbonyl (C=O) groups excluding carboxylic acids is 2. The van der Waals surface area contributed by atoms with Gasteiger partial charge >= 0.3 is 19.5 Å². The normalized spacial score (nSPS) is 17.4. The van der Waals surface area contributed by atoms with E-state index in [0.717, 1.165) is 12.8 Å². The van der Waals surface area contributed by atoms with Crippen molar-refractivity contribution < 1.29 is 32.7 Å². The fourth-order valence-corrected chi connectivity index (χ4v) is 6.72. The smallest absolute Gasteiger partial charge is 0.342 e. The number of esters is 2. The van der Waals surface area contributed by atoms with Crippen molar-refractivity contribution in [2.24, 2.45) is 5.41 Å². The summed E-state index contributed by atoms with van der Waals surface area (Å²) in [4.78, 5) is 26.2. The molecule has 0 saturated carbocycles. The fourth-order valence-electron chi connectivity index (χ4n) is 4.35. The van der Waals surface area contributed by atoms with Gasteiger partial charge in [-0.3, -0.25) is 4.57 Å². The molecule has 35 heavy (non-hydrogen) atoms. The first kappa shape index (κ1) is 27.1.